The SMILES string of the molecule is CCc1cnc(N2CCC(Oc3cc(=O)n(CCc4ccc(F)cc4)cc3Cl)CC2)nc1. The highest BCUT2D eigenvalue weighted by Crippen LogP contribution is 2.26. The first-order valence-corrected chi connectivity index (χ1v) is 11.3. The molecule has 0 saturated carbocycles. The van der Waals surface area contributed by atoms with Crippen molar-refractivity contribution in [1.29, 1.82) is 0 Å². The Morgan fingerprint density at radius 2 is 1.81 bits per heavy atom. The van der Waals surface area contributed by atoms with Gasteiger partial charge in [-0.2, -0.15) is 0 Å². The average Bonchev–Trinajstić information content (AvgIpc) is 2.82. The molecule has 0 N–H and O–H groups in total. The van der Waals surface area contributed by atoms with E-state index in [1.807, 2.05) is 12.4 Å². The Labute approximate surface area is 191 Å². The summed E-state index contributed by atoms with van der Waals surface area (Å²) < 4.78 is 20.7. The Balaban J connectivity index is 1.33. The third-order valence-corrected chi connectivity index (χ3v) is 6.00. The molecule has 1 aliphatic rings. The van der Waals surface area contributed by atoms with Crippen molar-refractivity contribution >= 4 is 17.5 Å². The molecule has 0 atom stereocenters. The van der Waals surface area contributed by atoms with Gasteiger partial charge < -0.3 is 14.2 Å². The van der Waals surface area contributed by atoms with E-state index in [9.17, 15) is 9.18 Å². The lowest BCUT2D eigenvalue weighted by Crippen LogP contribution is -2.39. The summed E-state index contributed by atoms with van der Waals surface area (Å²) in [4.78, 5) is 23.6. The number of anilines is 1. The molecule has 0 spiro atoms. The maximum atomic E-state index is 13.0. The van der Waals surface area contributed by atoms with Crippen LogP contribution >= 0.6 is 11.6 Å². The number of hydrogen-bond donors (Lipinski definition) is 0. The Hall–Kier alpha value is -2.93. The summed E-state index contributed by atoms with van der Waals surface area (Å²) in [5, 5.41) is 0.407. The molecule has 6 nitrogen and oxygen atoms in total. The standard InChI is InChI=1S/C24H26ClFN4O2/c1-2-17-14-27-24(28-15-17)29-11-8-20(9-12-29)32-22-13-23(31)30(16-21(22)25)10-7-18-3-5-19(26)6-4-18/h3-6,13-16,20H,2,7-12H2,1H3. The van der Waals surface area contributed by atoms with Crippen LogP contribution in [0.4, 0.5) is 10.3 Å². The van der Waals surface area contributed by atoms with Crippen molar-refractivity contribution in [3.63, 3.8) is 0 Å². The molecule has 2 aromatic heterocycles. The summed E-state index contributed by atoms with van der Waals surface area (Å²) in [6.07, 6.45) is 8.45. The molecule has 0 bridgehead atoms. The zero-order valence-electron chi connectivity index (χ0n) is 18.0. The van der Waals surface area contributed by atoms with Crippen molar-refractivity contribution in [1.82, 2.24) is 14.5 Å². The van der Waals surface area contributed by atoms with Gasteiger partial charge in [-0.3, -0.25) is 4.79 Å². The number of aromatic nitrogens is 3. The molecule has 8 heteroatoms. The monoisotopic (exact) mass is 456 g/mol. The zero-order valence-corrected chi connectivity index (χ0v) is 18.8. The van der Waals surface area contributed by atoms with Crippen molar-refractivity contribution in [3.8, 4) is 5.75 Å². The number of hydrogen-bond acceptors (Lipinski definition) is 5. The molecule has 3 heterocycles. The molecule has 1 saturated heterocycles. The lowest BCUT2D eigenvalue weighted by molar-refractivity contribution is 0.170. The molecule has 1 aliphatic heterocycles. The molecular formula is C24H26ClFN4O2. The summed E-state index contributed by atoms with van der Waals surface area (Å²) >= 11 is 6.41. The van der Waals surface area contributed by atoms with E-state index in [0.29, 0.717) is 23.7 Å². The van der Waals surface area contributed by atoms with E-state index in [-0.39, 0.29) is 17.5 Å². The minimum atomic E-state index is -0.275. The van der Waals surface area contributed by atoms with Crippen LogP contribution in [0.2, 0.25) is 5.02 Å². The maximum absolute atomic E-state index is 13.0. The van der Waals surface area contributed by atoms with Crippen LogP contribution in [0.25, 0.3) is 0 Å². The number of benzene rings is 1. The molecule has 3 aromatic rings. The first-order valence-electron chi connectivity index (χ1n) is 10.9. The average molecular weight is 457 g/mol. The van der Waals surface area contributed by atoms with Crippen LogP contribution in [-0.2, 0) is 19.4 Å². The predicted octanol–water partition coefficient (Wildman–Crippen LogP) is 4.28. The van der Waals surface area contributed by atoms with Crippen LogP contribution in [-0.4, -0.2) is 33.7 Å². The first kappa shape index (κ1) is 22.3. The molecule has 0 amide bonds. The van der Waals surface area contributed by atoms with Gasteiger partial charge in [0.1, 0.15) is 17.7 Å². The number of halogens is 2. The molecule has 0 aliphatic carbocycles. The van der Waals surface area contributed by atoms with Gasteiger partial charge in [-0.1, -0.05) is 30.7 Å². The Bertz CT molecular complexity index is 1090. The van der Waals surface area contributed by atoms with E-state index in [1.54, 1.807) is 22.9 Å². The molecule has 1 aromatic carbocycles. The minimum absolute atomic E-state index is 0.0202. The number of ether oxygens (including phenoxy) is 1. The fraction of sp³-hybridized carbons (Fsp3) is 0.375. The Kier molecular flexibility index (Phi) is 7.05. The number of pyridine rings is 1. The summed E-state index contributed by atoms with van der Waals surface area (Å²) in [5.41, 5.74) is 1.90. The van der Waals surface area contributed by atoms with Crippen molar-refractivity contribution in [2.75, 3.05) is 18.0 Å². The van der Waals surface area contributed by atoms with Crippen LogP contribution in [0.5, 0.6) is 5.75 Å². The molecule has 0 unspecified atom stereocenters. The number of nitrogens with zero attached hydrogens (tertiary/aromatic N) is 4. The number of piperidine rings is 1. The number of aryl methyl sites for hydroxylation is 3. The zero-order chi connectivity index (χ0) is 22.5. The maximum Gasteiger partial charge on any atom is 0.254 e. The molecule has 1 fully saturated rings. The second-order valence-corrected chi connectivity index (χ2v) is 8.35. The van der Waals surface area contributed by atoms with Gasteiger partial charge in [-0.15, -0.1) is 0 Å². The van der Waals surface area contributed by atoms with E-state index in [4.69, 9.17) is 16.3 Å². The third-order valence-electron chi connectivity index (χ3n) is 5.72. The van der Waals surface area contributed by atoms with Crippen molar-refractivity contribution in [2.24, 2.45) is 0 Å². The first-order chi connectivity index (χ1) is 15.5. The molecule has 32 heavy (non-hydrogen) atoms. The van der Waals surface area contributed by atoms with Gasteiger partial charge >= 0.3 is 0 Å². The van der Waals surface area contributed by atoms with Gasteiger partial charge in [-0.25, -0.2) is 14.4 Å². The normalized spacial score (nSPS) is 14.5. The van der Waals surface area contributed by atoms with Gasteiger partial charge in [0, 0.05) is 57.1 Å². The predicted molar refractivity (Wildman–Crippen MR) is 123 cm³/mol. The molecule has 168 valence electrons. The van der Waals surface area contributed by atoms with Gasteiger partial charge in [-0.05, 0) is 36.1 Å². The lowest BCUT2D eigenvalue weighted by Gasteiger charge is -2.32. The van der Waals surface area contributed by atoms with Crippen LogP contribution < -0.4 is 15.2 Å². The fourth-order valence-corrected chi connectivity index (χ4v) is 3.96. The highest BCUT2D eigenvalue weighted by Gasteiger charge is 2.23. The summed E-state index contributed by atoms with van der Waals surface area (Å²) in [6, 6.07) is 7.72. The van der Waals surface area contributed by atoms with Gasteiger partial charge in [0.2, 0.25) is 5.95 Å². The summed E-state index contributed by atoms with van der Waals surface area (Å²) in [7, 11) is 0. The molecule has 0 radical (unpaired) electrons. The lowest BCUT2D eigenvalue weighted by atomic mass is 10.1. The van der Waals surface area contributed by atoms with E-state index in [0.717, 1.165) is 49.4 Å². The van der Waals surface area contributed by atoms with E-state index in [2.05, 4.69) is 21.8 Å². The van der Waals surface area contributed by atoms with Gasteiger partial charge in [0.25, 0.3) is 5.56 Å². The topological polar surface area (TPSA) is 60.3 Å². The number of rotatable bonds is 7. The van der Waals surface area contributed by atoms with Crippen molar-refractivity contribution in [2.45, 2.75) is 45.3 Å². The largest absolute Gasteiger partial charge is 0.488 e. The highest BCUT2D eigenvalue weighted by molar-refractivity contribution is 6.31. The highest BCUT2D eigenvalue weighted by atomic mass is 35.5. The quantitative estimate of drug-likeness (QED) is 0.531. The van der Waals surface area contributed by atoms with E-state index >= 15 is 0 Å². The van der Waals surface area contributed by atoms with Crippen LogP contribution in [0.3, 0.4) is 0 Å². The summed E-state index contributed by atoms with van der Waals surface area (Å²) in [6.45, 7) is 4.10. The molecular weight excluding hydrogens is 431 g/mol. The van der Waals surface area contributed by atoms with Crippen LogP contribution in [0.1, 0.15) is 30.9 Å². The van der Waals surface area contributed by atoms with Crippen molar-refractivity contribution in [3.05, 3.63) is 81.2 Å². The second-order valence-electron chi connectivity index (χ2n) is 7.94. The van der Waals surface area contributed by atoms with Crippen molar-refractivity contribution < 1.29 is 9.13 Å². The Morgan fingerprint density at radius 1 is 1.12 bits per heavy atom. The Morgan fingerprint density at radius 3 is 2.47 bits per heavy atom. The van der Waals surface area contributed by atoms with Gasteiger partial charge in [0.15, 0.2) is 0 Å². The minimum Gasteiger partial charge on any atom is -0.488 e. The third kappa shape index (κ3) is 5.46. The van der Waals surface area contributed by atoms with Crippen LogP contribution in [0, 0.1) is 5.82 Å². The molecule has 4 rings (SSSR count). The summed E-state index contributed by atoms with van der Waals surface area (Å²) in [5.74, 6) is 0.877. The van der Waals surface area contributed by atoms with E-state index in [1.165, 1.54) is 18.2 Å². The second kappa shape index (κ2) is 10.1. The van der Waals surface area contributed by atoms with Gasteiger partial charge in [0.05, 0.1) is 5.02 Å². The fourth-order valence-electron chi connectivity index (χ4n) is 3.74. The van der Waals surface area contributed by atoms with Crippen LogP contribution in [0.15, 0.2) is 53.7 Å². The van der Waals surface area contributed by atoms with E-state index < -0.39 is 0 Å². The smallest absolute Gasteiger partial charge is 0.254 e.